The lowest BCUT2D eigenvalue weighted by atomic mass is 9.74. The Morgan fingerprint density at radius 3 is 2.62 bits per heavy atom. The first kappa shape index (κ1) is 7.94. The molecule has 4 saturated heterocycles. The third-order valence-corrected chi connectivity index (χ3v) is 3.84. The highest BCUT2D eigenvalue weighted by Crippen LogP contribution is 2.42. The monoisotopic (exact) mass is 181 g/mol. The number of nitrogens with zero attached hydrogens (tertiary/aromatic N) is 1. The molecule has 0 saturated carbocycles. The van der Waals surface area contributed by atoms with Crippen LogP contribution in [-0.2, 0) is 9.53 Å². The molecule has 0 aromatic heterocycles. The van der Waals surface area contributed by atoms with Gasteiger partial charge in [0, 0.05) is 13.0 Å². The molecule has 13 heavy (non-hydrogen) atoms. The Bertz CT molecular complexity index is 245. The summed E-state index contributed by atoms with van der Waals surface area (Å²) < 4.78 is 5.74. The molecular formula is C10H15NO2. The van der Waals surface area contributed by atoms with Gasteiger partial charge in [-0.2, -0.15) is 0 Å². The summed E-state index contributed by atoms with van der Waals surface area (Å²) in [6, 6.07) is 0. The van der Waals surface area contributed by atoms with Crippen LogP contribution < -0.4 is 0 Å². The van der Waals surface area contributed by atoms with Gasteiger partial charge in [-0.25, -0.2) is 0 Å². The Hall–Kier alpha value is -0.410. The first-order chi connectivity index (χ1) is 6.28. The largest absolute Gasteiger partial charge is 0.365 e. The Morgan fingerprint density at radius 2 is 2.15 bits per heavy atom. The van der Waals surface area contributed by atoms with E-state index in [-0.39, 0.29) is 5.60 Å². The predicted molar refractivity (Wildman–Crippen MR) is 47.5 cm³/mol. The highest BCUT2D eigenvalue weighted by Gasteiger charge is 2.51. The van der Waals surface area contributed by atoms with Gasteiger partial charge in [-0.15, -0.1) is 0 Å². The number of Topliss-reactive ketones (excluding diaryl/α,β-unsaturated/α-hetero) is 1. The quantitative estimate of drug-likeness (QED) is 0.543. The fourth-order valence-electron chi connectivity index (χ4n) is 3.15. The molecule has 0 amide bonds. The van der Waals surface area contributed by atoms with Crippen LogP contribution >= 0.6 is 0 Å². The highest BCUT2D eigenvalue weighted by molar-refractivity contribution is 5.82. The van der Waals surface area contributed by atoms with Crippen molar-refractivity contribution < 1.29 is 9.53 Å². The third-order valence-electron chi connectivity index (χ3n) is 3.84. The highest BCUT2D eigenvalue weighted by atomic mass is 16.5. The Balaban J connectivity index is 1.87. The van der Waals surface area contributed by atoms with E-state index >= 15 is 0 Å². The van der Waals surface area contributed by atoms with Crippen LogP contribution in [0.1, 0.15) is 19.3 Å². The molecule has 72 valence electrons. The molecule has 4 aliphatic rings. The minimum absolute atomic E-state index is 0.0619. The summed E-state index contributed by atoms with van der Waals surface area (Å²) >= 11 is 0. The van der Waals surface area contributed by atoms with Crippen LogP contribution in [0.25, 0.3) is 0 Å². The molecule has 0 aliphatic carbocycles. The van der Waals surface area contributed by atoms with Gasteiger partial charge in [0.1, 0.15) is 6.61 Å². The van der Waals surface area contributed by atoms with Gasteiger partial charge in [0.15, 0.2) is 5.78 Å². The number of hydrogen-bond donors (Lipinski definition) is 0. The van der Waals surface area contributed by atoms with Gasteiger partial charge < -0.3 is 9.64 Å². The van der Waals surface area contributed by atoms with E-state index < -0.39 is 0 Å². The number of hydrogen-bond acceptors (Lipinski definition) is 3. The molecule has 1 unspecified atom stereocenters. The SMILES string of the molecule is O=C1COC2(C1)CN1CCC2CC1. The molecular weight excluding hydrogens is 166 g/mol. The maximum atomic E-state index is 11.2. The summed E-state index contributed by atoms with van der Waals surface area (Å²) in [6.07, 6.45) is 3.13. The van der Waals surface area contributed by atoms with Crippen LogP contribution in [0.4, 0.5) is 0 Å². The number of piperidine rings is 3. The maximum absolute atomic E-state index is 11.2. The zero-order valence-corrected chi connectivity index (χ0v) is 7.79. The summed E-state index contributed by atoms with van der Waals surface area (Å²) in [7, 11) is 0. The number of ether oxygens (including phenoxy) is 1. The number of fused-ring (bicyclic) bond motifs is 2. The van der Waals surface area contributed by atoms with Crippen molar-refractivity contribution in [2.75, 3.05) is 26.2 Å². The standard InChI is InChI=1S/C10H15NO2/c12-9-5-10(13-6-9)7-11-3-1-8(10)2-4-11/h8H,1-7H2. The average molecular weight is 181 g/mol. The topological polar surface area (TPSA) is 29.5 Å². The first-order valence-corrected chi connectivity index (χ1v) is 5.16. The van der Waals surface area contributed by atoms with Gasteiger partial charge in [-0.1, -0.05) is 0 Å². The molecule has 0 aromatic carbocycles. The van der Waals surface area contributed by atoms with Gasteiger partial charge in [0.05, 0.1) is 5.60 Å². The van der Waals surface area contributed by atoms with Crippen molar-refractivity contribution in [2.24, 2.45) is 5.92 Å². The van der Waals surface area contributed by atoms with E-state index in [1.54, 1.807) is 0 Å². The summed E-state index contributed by atoms with van der Waals surface area (Å²) in [5, 5.41) is 0. The average Bonchev–Trinajstić information content (AvgIpc) is 2.49. The van der Waals surface area contributed by atoms with E-state index in [2.05, 4.69) is 4.90 Å². The summed E-state index contributed by atoms with van der Waals surface area (Å²) in [5.41, 5.74) is -0.0619. The molecule has 4 heterocycles. The summed E-state index contributed by atoms with van der Waals surface area (Å²) in [5.74, 6) is 0.956. The Kier molecular flexibility index (Phi) is 1.56. The Labute approximate surface area is 78.0 Å². The smallest absolute Gasteiger partial charge is 0.161 e. The van der Waals surface area contributed by atoms with Gasteiger partial charge in [0.2, 0.25) is 0 Å². The van der Waals surface area contributed by atoms with Gasteiger partial charge >= 0.3 is 0 Å². The molecule has 2 bridgehead atoms. The first-order valence-electron chi connectivity index (χ1n) is 5.16. The molecule has 3 nitrogen and oxygen atoms in total. The fraction of sp³-hybridized carbons (Fsp3) is 0.900. The normalized spacial score (nSPS) is 49.1. The van der Waals surface area contributed by atoms with Crippen LogP contribution in [0.2, 0.25) is 0 Å². The fourth-order valence-corrected chi connectivity index (χ4v) is 3.15. The second kappa shape index (κ2) is 2.55. The van der Waals surface area contributed by atoms with Crippen molar-refractivity contribution in [2.45, 2.75) is 24.9 Å². The van der Waals surface area contributed by atoms with E-state index in [1.807, 2.05) is 0 Å². The van der Waals surface area contributed by atoms with Gasteiger partial charge in [0.25, 0.3) is 0 Å². The maximum Gasteiger partial charge on any atom is 0.161 e. The lowest BCUT2D eigenvalue weighted by Crippen LogP contribution is -2.58. The minimum atomic E-state index is -0.0619. The molecule has 1 atom stereocenters. The number of ketones is 1. The van der Waals surface area contributed by atoms with E-state index in [4.69, 9.17) is 4.74 Å². The van der Waals surface area contributed by atoms with Crippen molar-refractivity contribution >= 4 is 5.78 Å². The second-order valence-corrected chi connectivity index (χ2v) is 4.62. The summed E-state index contributed by atoms with van der Waals surface area (Å²) in [4.78, 5) is 13.7. The lowest BCUT2D eigenvalue weighted by Gasteiger charge is -2.50. The van der Waals surface area contributed by atoms with Crippen molar-refractivity contribution in [1.29, 1.82) is 0 Å². The number of carbonyl (C=O) groups excluding carboxylic acids is 1. The molecule has 1 spiro atoms. The van der Waals surface area contributed by atoms with E-state index in [0.29, 0.717) is 24.7 Å². The molecule has 3 heteroatoms. The van der Waals surface area contributed by atoms with E-state index in [0.717, 1.165) is 6.54 Å². The zero-order valence-electron chi connectivity index (χ0n) is 7.79. The van der Waals surface area contributed by atoms with Gasteiger partial charge in [-0.3, -0.25) is 4.79 Å². The van der Waals surface area contributed by atoms with Crippen LogP contribution in [0, 0.1) is 5.92 Å². The van der Waals surface area contributed by atoms with Crippen LogP contribution in [-0.4, -0.2) is 42.5 Å². The van der Waals surface area contributed by atoms with Crippen molar-refractivity contribution in [3.8, 4) is 0 Å². The molecule has 0 radical (unpaired) electrons. The van der Waals surface area contributed by atoms with Gasteiger partial charge in [-0.05, 0) is 31.8 Å². The predicted octanol–water partition coefficient (Wildman–Crippen LogP) is 0.440. The molecule has 4 rings (SSSR count). The van der Waals surface area contributed by atoms with Crippen molar-refractivity contribution in [3.63, 3.8) is 0 Å². The van der Waals surface area contributed by atoms with E-state index in [9.17, 15) is 4.79 Å². The molecule has 0 aromatic rings. The number of rotatable bonds is 0. The third kappa shape index (κ3) is 1.07. The van der Waals surface area contributed by atoms with Crippen LogP contribution in [0.15, 0.2) is 0 Å². The van der Waals surface area contributed by atoms with E-state index in [1.165, 1.54) is 25.9 Å². The molecule has 0 N–H and O–H groups in total. The van der Waals surface area contributed by atoms with Crippen molar-refractivity contribution in [3.05, 3.63) is 0 Å². The second-order valence-electron chi connectivity index (χ2n) is 4.62. The number of carbonyl (C=O) groups is 1. The van der Waals surface area contributed by atoms with Crippen LogP contribution in [0.5, 0.6) is 0 Å². The molecule has 4 fully saturated rings. The minimum Gasteiger partial charge on any atom is -0.365 e. The van der Waals surface area contributed by atoms with Crippen molar-refractivity contribution in [1.82, 2.24) is 4.90 Å². The summed E-state index contributed by atoms with van der Waals surface area (Å²) in [6.45, 7) is 3.79. The van der Waals surface area contributed by atoms with Crippen LogP contribution in [0.3, 0.4) is 0 Å². The Morgan fingerprint density at radius 1 is 1.38 bits per heavy atom. The molecule has 4 aliphatic heterocycles. The lowest BCUT2D eigenvalue weighted by molar-refractivity contribution is -0.123. The zero-order chi connectivity index (χ0) is 8.89.